The summed E-state index contributed by atoms with van der Waals surface area (Å²) in [5, 5.41) is 9.01. The van der Waals surface area contributed by atoms with Crippen molar-refractivity contribution >= 4 is 10.2 Å². The summed E-state index contributed by atoms with van der Waals surface area (Å²) in [5.41, 5.74) is 0. The maximum Gasteiger partial charge on any atom is 0.279 e. The molecule has 7 heteroatoms. The lowest BCUT2D eigenvalue weighted by atomic mass is 10.00. The Labute approximate surface area is 102 Å². The summed E-state index contributed by atoms with van der Waals surface area (Å²) in [6, 6.07) is -0.0874. The largest absolute Gasteiger partial charge is 0.396 e. The topological polar surface area (TPSA) is 78.9 Å². The van der Waals surface area contributed by atoms with Gasteiger partial charge in [0.1, 0.15) is 0 Å². The molecule has 2 fully saturated rings. The highest BCUT2D eigenvalue weighted by molar-refractivity contribution is 7.87. The SMILES string of the molecule is O=S(=O)(NC1CCOC1)N1CCC(CO)CC1. The van der Waals surface area contributed by atoms with Gasteiger partial charge in [-0.1, -0.05) is 0 Å². The number of aliphatic hydroxyl groups is 1. The Hall–Kier alpha value is -0.210. The predicted octanol–water partition coefficient (Wildman–Crippen LogP) is -0.686. The van der Waals surface area contributed by atoms with E-state index in [-0.39, 0.29) is 18.6 Å². The van der Waals surface area contributed by atoms with Gasteiger partial charge < -0.3 is 9.84 Å². The quantitative estimate of drug-likeness (QED) is 0.705. The molecule has 2 N–H and O–H groups in total. The Balaban J connectivity index is 1.87. The number of rotatable bonds is 4. The summed E-state index contributed by atoms with van der Waals surface area (Å²) < 4.78 is 33.4. The van der Waals surface area contributed by atoms with Crippen LogP contribution in [0.5, 0.6) is 0 Å². The van der Waals surface area contributed by atoms with Gasteiger partial charge in [0, 0.05) is 32.3 Å². The van der Waals surface area contributed by atoms with Crippen molar-refractivity contribution in [2.45, 2.75) is 25.3 Å². The first-order valence-corrected chi connectivity index (χ1v) is 7.52. The van der Waals surface area contributed by atoms with Crippen molar-refractivity contribution in [3.8, 4) is 0 Å². The fourth-order valence-corrected chi connectivity index (χ4v) is 3.69. The van der Waals surface area contributed by atoms with Gasteiger partial charge in [0.2, 0.25) is 0 Å². The Kier molecular flexibility index (Phi) is 4.37. The van der Waals surface area contributed by atoms with E-state index in [2.05, 4.69) is 4.72 Å². The molecule has 0 bridgehead atoms. The number of aliphatic hydroxyl groups excluding tert-OH is 1. The zero-order valence-electron chi connectivity index (χ0n) is 9.84. The van der Waals surface area contributed by atoms with Crippen molar-refractivity contribution in [1.82, 2.24) is 9.03 Å². The molecule has 2 rings (SSSR count). The molecule has 17 heavy (non-hydrogen) atoms. The van der Waals surface area contributed by atoms with Gasteiger partial charge in [0.05, 0.1) is 6.61 Å². The van der Waals surface area contributed by atoms with Crippen LogP contribution in [0.1, 0.15) is 19.3 Å². The molecule has 2 saturated heterocycles. The molecule has 2 aliphatic rings. The summed E-state index contributed by atoms with van der Waals surface area (Å²) >= 11 is 0. The van der Waals surface area contributed by atoms with Gasteiger partial charge in [0.25, 0.3) is 10.2 Å². The van der Waals surface area contributed by atoms with Crippen molar-refractivity contribution in [3.05, 3.63) is 0 Å². The van der Waals surface area contributed by atoms with E-state index in [1.165, 1.54) is 4.31 Å². The second-order valence-corrected chi connectivity index (χ2v) is 6.41. The highest BCUT2D eigenvalue weighted by Gasteiger charge is 2.30. The zero-order chi connectivity index (χ0) is 12.3. The molecule has 2 aliphatic heterocycles. The molecular formula is C10H20N2O4S. The molecule has 0 saturated carbocycles. The third kappa shape index (κ3) is 3.38. The van der Waals surface area contributed by atoms with Gasteiger partial charge in [-0.2, -0.15) is 17.4 Å². The zero-order valence-corrected chi connectivity index (χ0v) is 10.7. The van der Waals surface area contributed by atoms with E-state index in [0.717, 1.165) is 19.3 Å². The lowest BCUT2D eigenvalue weighted by Gasteiger charge is -2.31. The Bertz CT molecular complexity index is 332. The van der Waals surface area contributed by atoms with Crippen LogP contribution >= 0.6 is 0 Å². The third-order valence-electron chi connectivity index (χ3n) is 3.42. The third-order valence-corrected chi connectivity index (χ3v) is 5.09. The molecule has 0 aromatic rings. The van der Waals surface area contributed by atoms with Crippen LogP contribution in [0.25, 0.3) is 0 Å². The van der Waals surface area contributed by atoms with Crippen molar-refractivity contribution in [3.63, 3.8) is 0 Å². The van der Waals surface area contributed by atoms with Crippen LogP contribution in [0, 0.1) is 5.92 Å². The van der Waals surface area contributed by atoms with Crippen molar-refractivity contribution in [2.75, 3.05) is 32.9 Å². The molecule has 0 aliphatic carbocycles. The van der Waals surface area contributed by atoms with E-state index >= 15 is 0 Å². The van der Waals surface area contributed by atoms with Crippen LogP contribution in [0.15, 0.2) is 0 Å². The molecule has 0 aromatic heterocycles. The molecule has 6 nitrogen and oxygen atoms in total. The molecule has 1 atom stereocenters. The summed E-state index contributed by atoms with van der Waals surface area (Å²) in [7, 11) is -3.38. The van der Waals surface area contributed by atoms with Crippen LogP contribution in [-0.4, -0.2) is 56.8 Å². The van der Waals surface area contributed by atoms with Crippen LogP contribution in [0.2, 0.25) is 0 Å². The van der Waals surface area contributed by atoms with Crippen LogP contribution in [0.4, 0.5) is 0 Å². The van der Waals surface area contributed by atoms with Crippen molar-refractivity contribution < 1.29 is 18.3 Å². The highest BCUT2D eigenvalue weighted by Crippen LogP contribution is 2.19. The van der Waals surface area contributed by atoms with Gasteiger partial charge >= 0.3 is 0 Å². The minimum atomic E-state index is -3.38. The molecular weight excluding hydrogens is 244 g/mol. The van der Waals surface area contributed by atoms with Crippen LogP contribution in [0.3, 0.4) is 0 Å². The lowest BCUT2D eigenvalue weighted by molar-refractivity contribution is 0.168. The Morgan fingerprint density at radius 3 is 2.53 bits per heavy atom. The number of hydrogen-bond donors (Lipinski definition) is 2. The van der Waals surface area contributed by atoms with E-state index in [1.54, 1.807) is 0 Å². The predicted molar refractivity (Wildman–Crippen MR) is 62.7 cm³/mol. The fraction of sp³-hybridized carbons (Fsp3) is 1.00. The molecule has 0 aromatic carbocycles. The Morgan fingerprint density at radius 2 is 2.00 bits per heavy atom. The lowest BCUT2D eigenvalue weighted by Crippen LogP contribution is -2.48. The monoisotopic (exact) mass is 264 g/mol. The van der Waals surface area contributed by atoms with E-state index < -0.39 is 10.2 Å². The number of nitrogens with one attached hydrogen (secondary N) is 1. The minimum Gasteiger partial charge on any atom is -0.396 e. The first-order chi connectivity index (χ1) is 8.12. The maximum atomic E-state index is 12.0. The smallest absolute Gasteiger partial charge is 0.279 e. The van der Waals surface area contributed by atoms with Crippen molar-refractivity contribution in [2.24, 2.45) is 5.92 Å². The van der Waals surface area contributed by atoms with E-state index in [1.807, 2.05) is 0 Å². The highest BCUT2D eigenvalue weighted by atomic mass is 32.2. The normalized spacial score (nSPS) is 28.6. The van der Waals surface area contributed by atoms with Gasteiger partial charge in [-0.05, 0) is 25.2 Å². The summed E-state index contributed by atoms with van der Waals surface area (Å²) in [6.45, 7) is 2.23. The molecule has 100 valence electrons. The maximum absolute atomic E-state index is 12.0. The number of hydrogen-bond acceptors (Lipinski definition) is 4. The standard InChI is InChI=1S/C10H20N2O4S/c13-7-9-1-4-12(5-2-9)17(14,15)11-10-3-6-16-8-10/h9-11,13H,1-8H2. The van der Waals surface area contributed by atoms with E-state index in [9.17, 15) is 8.42 Å². The van der Waals surface area contributed by atoms with Crippen LogP contribution in [-0.2, 0) is 14.9 Å². The second-order valence-electron chi connectivity index (χ2n) is 4.71. The summed E-state index contributed by atoms with van der Waals surface area (Å²) in [6.07, 6.45) is 2.21. The average Bonchev–Trinajstić information content (AvgIpc) is 2.81. The van der Waals surface area contributed by atoms with E-state index in [4.69, 9.17) is 9.84 Å². The van der Waals surface area contributed by atoms with E-state index in [0.29, 0.717) is 26.3 Å². The number of nitrogens with zero attached hydrogens (tertiary/aromatic N) is 1. The van der Waals surface area contributed by atoms with Gasteiger partial charge in [-0.25, -0.2) is 0 Å². The summed E-state index contributed by atoms with van der Waals surface area (Å²) in [4.78, 5) is 0. The van der Waals surface area contributed by atoms with Crippen LogP contribution < -0.4 is 4.72 Å². The second kappa shape index (κ2) is 5.62. The Morgan fingerprint density at radius 1 is 1.29 bits per heavy atom. The minimum absolute atomic E-state index is 0.0874. The average molecular weight is 264 g/mol. The molecule has 0 radical (unpaired) electrons. The van der Waals surface area contributed by atoms with Gasteiger partial charge in [0.15, 0.2) is 0 Å². The summed E-state index contributed by atoms with van der Waals surface area (Å²) in [5.74, 6) is 0.247. The molecule has 1 unspecified atom stereocenters. The molecule has 2 heterocycles. The van der Waals surface area contributed by atoms with Gasteiger partial charge in [-0.3, -0.25) is 0 Å². The number of ether oxygens (including phenoxy) is 1. The fourth-order valence-electron chi connectivity index (χ4n) is 2.24. The molecule has 0 amide bonds. The molecule has 0 spiro atoms. The first-order valence-electron chi connectivity index (χ1n) is 6.08. The first kappa shape index (κ1) is 13.2. The van der Waals surface area contributed by atoms with Gasteiger partial charge in [-0.15, -0.1) is 0 Å². The number of piperidine rings is 1. The van der Waals surface area contributed by atoms with Crippen molar-refractivity contribution in [1.29, 1.82) is 0 Å².